The number of fused-ring (bicyclic) bond motifs is 1. The molecule has 8 nitrogen and oxygen atoms in total. The number of anilines is 1. The second kappa shape index (κ2) is 10.3. The average Bonchev–Trinajstić information content (AvgIpc) is 3.61. The number of carbonyl (C=O) groups excluding carboxylic acids is 3. The number of nitrogens with zero attached hydrogens (tertiary/aromatic N) is 2. The van der Waals surface area contributed by atoms with Crippen molar-refractivity contribution in [1.29, 1.82) is 0 Å². The van der Waals surface area contributed by atoms with E-state index in [1.54, 1.807) is 25.1 Å². The predicted molar refractivity (Wildman–Crippen MR) is 148 cm³/mol. The molecule has 0 saturated heterocycles. The normalized spacial score (nSPS) is 15.4. The van der Waals surface area contributed by atoms with Gasteiger partial charge in [-0.15, -0.1) is 0 Å². The van der Waals surface area contributed by atoms with E-state index in [0.717, 1.165) is 22.3 Å². The zero-order valence-electron chi connectivity index (χ0n) is 21.6. The number of hydrogen-bond acceptors (Lipinski definition) is 8. The Morgan fingerprint density at radius 2 is 1.92 bits per heavy atom. The molecule has 1 atom stereocenters. The summed E-state index contributed by atoms with van der Waals surface area (Å²) in [5.74, 6) is -2.44. The van der Waals surface area contributed by atoms with E-state index >= 15 is 0 Å². The smallest absolute Gasteiger partial charge is 0.350 e. The van der Waals surface area contributed by atoms with Crippen molar-refractivity contribution in [3.63, 3.8) is 0 Å². The Morgan fingerprint density at radius 1 is 1.21 bits per heavy atom. The molecule has 39 heavy (non-hydrogen) atoms. The highest BCUT2D eigenvalue weighted by molar-refractivity contribution is 7.17. The summed E-state index contributed by atoms with van der Waals surface area (Å²) in [7, 11) is 0. The lowest BCUT2D eigenvalue weighted by atomic mass is 9.93. The number of ketones is 1. The third kappa shape index (κ3) is 4.66. The Morgan fingerprint density at radius 3 is 2.59 bits per heavy atom. The number of rotatable bonds is 8. The standard InChI is InChI=1S/C30H26N2O6S/c1-5-14-37-29(36)27-17(4)31-30(39-27)32-24(19-12-10-18(11-13-19)16(2)3)23(26(34)28(32)35)25(33)22-15-20-8-6-7-9-21(20)38-22/h5-13,15-16,24,34H,1,14H2,2-4H3. The van der Waals surface area contributed by atoms with Crippen LogP contribution in [0, 0.1) is 6.92 Å². The van der Waals surface area contributed by atoms with Gasteiger partial charge in [0.2, 0.25) is 5.78 Å². The first-order valence-corrected chi connectivity index (χ1v) is 13.2. The zero-order valence-corrected chi connectivity index (χ0v) is 22.5. The minimum Gasteiger partial charge on any atom is -0.503 e. The maximum Gasteiger partial charge on any atom is 0.350 e. The molecule has 1 aliphatic rings. The highest BCUT2D eigenvalue weighted by Gasteiger charge is 2.47. The molecule has 0 saturated carbocycles. The van der Waals surface area contributed by atoms with Gasteiger partial charge in [-0.05, 0) is 36.1 Å². The Bertz CT molecular complexity index is 1610. The lowest BCUT2D eigenvalue weighted by Gasteiger charge is -2.24. The summed E-state index contributed by atoms with van der Waals surface area (Å²) in [6.45, 7) is 9.33. The maximum atomic E-state index is 13.8. The van der Waals surface area contributed by atoms with Crippen molar-refractivity contribution in [2.75, 3.05) is 11.5 Å². The molecule has 198 valence electrons. The van der Waals surface area contributed by atoms with E-state index in [1.165, 1.54) is 11.0 Å². The quantitative estimate of drug-likeness (QED) is 0.155. The molecule has 1 unspecified atom stereocenters. The maximum absolute atomic E-state index is 13.8. The molecule has 5 rings (SSSR count). The fraction of sp³-hybridized carbons (Fsp3) is 0.200. The van der Waals surface area contributed by atoms with Crippen molar-refractivity contribution in [2.45, 2.75) is 32.7 Å². The lowest BCUT2D eigenvalue weighted by Crippen LogP contribution is -2.31. The summed E-state index contributed by atoms with van der Waals surface area (Å²) in [5.41, 5.74) is 2.42. The average molecular weight is 543 g/mol. The van der Waals surface area contributed by atoms with Crippen LogP contribution in [0.1, 0.15) is 62.9 Å². The first-order chi connectivity index (χ1) is 18.7. The molecular weight excluding hydrogens is 516 g/mol. The van der Waals surface area contributed by atoms with Crippen LogP contribution in [0.4, 0.5) is 5.13 Å². The monoisotopic (exact) mass is 542 g/mol. The second-order valence-electron chi connectivity index (χ2n) is 9.44. The summed E-state index contributed by atoms with van der Waals surface area (Å²) in [5, 5.41) is 11.9. The van der Waals surface area contributed by atoms with Crippen molar-refractivity contribution in [3.8, 4) is 0 Å². The number of aromatic nitrogens is 1. The van der Waals surface area contributed by atoms with E-state index < -0.39 is 29.5 Å². The molecule has 0 spiro atoms. The predicted octanol–water partition coefficient (Wildman–Crippen LogP) is 6.45. The van der Waals surface area contributed by atoms with Gasteiger partial charge in [-0.25, -0.2) is 9.78 Å². The van der Waals surface area contributed by atoms with Crippen LogP contribution in [0.3, 0.4) is 0 Å². The minimum absolute atomic E-state index is 0.000196. The largest absolute Gasteiger partial charge is 0.503 e. The molecule has 4 aromatic rings. The minimum atomic E-state index is -0.998. The number of aryl methyl sites for hydroxylation is 1. The van der Waals surface area contributed by atoms with Crippen molar-refractivity contribution in [3.05, 3.63) is 106 Å². The van der Waals surface area contributed by atoms with Gasteiger partial charge in [0, 0.05) is 5.39 Å². The number of hydrogen-bond donors (Lipinski definition) is 1. The van der Waals surface area contributed by atoms with Gasteiger partial charge in [0.05, 0.1) is 17.3 Å². The van der Waals surface area contributed by atoms with Gasteiger partial charge < -0.3 is 14.3 Å². The molecule has 2 aromatic carbocycles. The van der Waals surface area contributed by atoms with E-state index in [0.29, 0.717) is 16.8 Å². The summed E-state index contributed by atoms with van der Waals surface area (Å²) in [4.78, 5) is 45.8. The molecule has 0 fully saturated rings. The Balaban J connectivity index is 1.62. The molecule has 1 amide bonds. The van der Waals surface area contributed by atoms with Crippen molar-refractivity contribution in [2.24, 2.45) is 0 Å². The molecule has 3 heterocycles. The Kier molecular flexibility index (Phi) is 6.93. The number of furan rings is 1. The summed E-state index contributed by atoms with van der Waals surface area (Å²) in [6, 6.07) is 15.2. The molecule has 1 N–H and O–H groups in total. The number of thiazole rings is 1. The Hall–Kier alpha value is -4.50. The number of amides is 1. The van der Waals surface area contributed by atoms with Crippen LogP contribution in [0.5, 0.6) is 0 Å². The molecule has 2 aromatic heterocycles. The third-order valence-electron chi connectivity index (χ3n) is 6.53. The van der Waals surface area contributed by atoms with Crippen molar-refractivity contribution < 1.29 is 28.6 Å². The highest BCUT2D eigenvalue weighted by Crippen LogP contribution is 2.44. The number of carbonyl (C=O) groups is 3. The molecule has 9 heteroatoms. The van der Waals surface area contributed by atoms with Gasteiger partial charge in [-0.2, -0.15) is 0 Å². The van der Waals surface area contributed by atoms with E-state index in [1.807, 2.05) is 36.4 Å². The van der Waals surface area contributed by atoms with Crippen molar-refractivity contribution >= 4 is 45.1 Å². The number of ether oxygens (including phenoxy) is 1. The molecule has 0 radical (unpaired) electrons. The van der Waals surface area contributed by atoms with Gasteiger partial charge >= 0.3 is 5.97 Å². The van der Waals surface area contributed by atoms with Crippen LogP contribution >= 0.6 is 11.3 Å². The van der Waals surface area contributed by atoms with Gasteiger partial charge in [-0.3, -0.25) is 14.5 Å². The summed E-state index contributed by atoms with van der Waals surface area (Å²) < 4.78 is 10.9. The molecular formula is C30H26N2O6S. The lowest BCUT2D eigenvalue weighted by molar-refractivity contribution is -0.117. The zero-order chi connectivity index (χ0) is 27.8. The van der Waals surface area contributed by atoms with Gasteiger partial charge in [-0.1, -0.05) is 80.3 Å². The molecule has 0 aliphatic carbocycles. The number of aliphatic hydroxyl groups is 1. The fourth-order valence-electron chi connectivity index (χ4n) is 4.51. The topological polar surface area (TPSA) is 110 Å². The van der Waals surface area contributed by atoms with E-state index in [-0.39, 0.29) is 33.9 Å². The van der Waals surface area contributed by atoms with Crippen LogP contribution in [0.25, 0.3) is 11.0 Å². The first kappa shape index (κ1) is 26.1. The fourth-order valence-corrected chi connectivity index (χ4v) is 5.50. The van der Waals surface area contributed by atoms with E-state index in [2.05, 4.69) is 25.4 Å². The van der Waals surface area contributed by atoms with Crippen LogP contribution in [-0.4, -0.2) is 34.4 Å². The highest BCUT2D eigenvalue weighted by atomic mass is 32.1. The SMILES string of the molecule is C=CCOC(=O)c1sc(N2C(=O)C(O)=C(C(=O)c3cc4ccccc4o3)C2c2ccc(C(C)C)cc2)nc1C. The van der Waals surface area contributed by atoms with E-state index in [9.17, 15) is 19.5 Å². The molecule has 0 bridgehead atoms. The van der Waals surface area contributed by atoms with Crippen LogP contribution in [0.2, 0.25) is 0 Å². The number of aliphatic hydroxyl groups excluding tert-OH is 1. The molecule has 1 aliphatic heterocycles. The van der Waals surface area contributed by atoms with Crippen molar-refractivity contribution in [1.82, 2.24) is 4.98 Å². The van der Waals surface area contributed by atoms with Gasteiger partial charge in [0.15, 0.2) is 16.7 Å². The number of Topliss-reactive ketones (excluding diaryl/α,β-unsaturated/α-hetero) is 1. The van der Waals surface area contributed by atoms with Crippen LogP contribution in [-0.2, 0) is 9.53 Å². The van der Waals surface area contributed by atoms with Gasteiger partial charge in [0.1, 0.15) is 17.1 Å². The first-order valence-electron chi connectivity index (χ1n) is 12.4. The number of benzene rings is 2. The third-order valence-corrected chi connectivity index (χ3v) is 7.67. The van der Waals surface area contributed by atoms with Crippen LogP contribution in [0.15, 0.2) is 83.0 Å². The summed E-state index contributed by atoms with van der Waals surface area (Å²) >= 11 is 0.954. The van der Waals surface area contributed by atoms with Crippen LogP contribution < -0.4 is 4.90 Å². The number of para-hydroxylation sites is 1. The van der Waals surface area contributed by atoms with Gasteiger partial charge in [0.25, 0.3) is 5.91 Å². The Labute approximate surface area is 228 Å². The van der Waals surface area contributed by atoms with E-state index in [4.69, 9.17) is 9.15 Å². The second-order valence-corrected chi connectivity index (χ2v) is 10.4. The summed E-state index contributed by atoms with van der Waals surface area (Å²) in [6.07, 6.45) is 1.45. The number of esters is 1.